The van der Waals surface area contributed by atoms with Gasteiger partial charge in [-0.2, -0.15) is 0 Å². The molecule has 0 fully saturated rings. The molecule has 9 heteroatoms. The Hall–Kier alpha value is -3.91. The molecule has 2 amide bonds. The van der Waals surface area contributed by atoms with E-state index in [1.54, 1.807) is 60.7 Å². The van der Waals surface area contributed by atoms with E-state index < -0.39 is 5.91 Å². The van der Waals surface area contributed by atoms with Crippen LogP contribution in [0.2, 0.25) is 5.02 Å². The van der Waals surface area contributed by atoms with Gasteiger partial charge in [-0.1, -0.05) is 23.7 Å². The number of carbonyl (C=O) groups excluding carboxylic acids is 2. The highest BCUT2D eigenvalue weighted by Gasteiger charge is 2.14. The van der Waals surface area contributed by atoms with Crippen LogP contribution in [-0.2, 0) is 17.8 Å². The predicted octanol–water partition coefficient (Wildman–Crippen LogP) is 4.34. The fourth-order valence-electron chi connectivity index (χ4n) is 3.25. The Morgan fingerprint density at radius 2 is 1.43 bits per heavy atom. The fourth-order valence-corrected chi connectivity index (χ4v) is 3.37. The maximum Gasteiger partial charge on any atom is 0.269 e. The fraction of sp³-hybridized carbons (Fsp3) is 0.231. The number of carbonyl (C=O) groups is 2. The quantitative estimate of drug-likeness (QED) is 0.404. The van der Waals surface area contributed by atoms with Crippen molar-refractivity contribution in [1.29, 1.82) is 0 Å². The molecule has 0 saturated heterocycles. The van der Waals surface area contributed by atoms with Crippen molar-refractivity contribution in [3.63, 3.8) is 0 Å². The van der Waals surface area contributed by atoms with Gasteiger partial charge in [-0.15, -0.1) is 0 Å². The third-order valence-corrected chi connectivity index (χ3v) is 5.37. The SMILES string of the molecule is COc1cc(CCC(=O)NNC(=O)c2ccc(COc3ccc(Cl)cc3)cc2)cc(OC)c1OC. The summed E-state index contributed by atoms with van der Waals surface area (Å²) in [5, 5.41) is 0.640. The summed E-state index contributed by atoms with van der Waals surface area (Å²) < 4.78 is 21.7. The van der Waals surface area contributed by atoms with E-state index in [0.29, 0.717) is 46.6 Å². The van der Waals surface area contributed by atoms with Crippen molar-refractivity contribution in [1.82, 2.24) is 10.9 Å². The maximum atomic E-state index is 12.4. The number of ether oxygens (including phenoxy) is 4. The number of aryl methyl sites for hydroxylation is 1. The lowest BCUT2D eigenvalue weighted by atomic mass is 10.1. The third-order valence-electron chi connectivity index (χ3n) is 5.12. The van der Waals surface area contributed by atoms with Gasteiger partial charge in [0.2, 0.25) is 11.7 Å². The summed E-state index contributed by atoms with van der Waals surface area (Å²) in [6.45, 7) is 0.348. The molecule has 0 radical (unpaired) electrons. The first-order valence-electron chi connectivity index (χ1n) is 10.8. The van der Waals surface area contributed by atoms with Crippen LogP contribution < -0.4 is 29.8 Å². The number of nitrogens with one attached hydrogen (secondary N) is 2. The zero-order valence-corrected chi connectivity index (χ0v) is 20.5. The standard InChI is InChI=1S/C26H27ClN2O6/c1-32-22-14-18(15-23(33-2)25(22)34-3)6-13-24(30)28-29-26(31)19-7-4-17(5-8-19)16-35-21-11-9-20(27)10-12-21/h4-5,7-12,14-15H,6,13,16H2,1-3H3,(H,28,30)(H,29,31). The van der Waals surface area contributed by atoms with Crippen LogP contribution in [0.4, 0.5) is 0 Å². The minimum Gasteiger partial charge on any atom is -0.493 e. The summed E-state index contributed by atoms with van der Waals surface area (Å²) in [5.41, 5.74) is 7.00. The molecule has 3 rings (SSSR count). The molecule has 3 aromatic rings. The molecule has 0 aromatic heterocycles. The molecular formula is C26H27ClN2O6. The highest BCUT2D eigenvalue weighted by atomic mass is 35.5. The monoisotopic (exact) mass is 498 g/mol. The van der Waals surface area contributed by atoms with E-state index in [1.807, 2.05) is 0 Å². The van der Waals surface area contributed by atoms with Crippen LogP contribution in [0.1, 0.15) is 27.9 Å². The van der Waals surface area contributed by atoms with Crippen molar-refractivity contribution in [2.75, 3.05) is 21.3 Å². The molecule has 0 aliphatic heterocycles. The summed E-state index contributed by atoms with van der Waals surface area (Å²) in [5.74, 6) is 1.45. The van der Waals surface area contributed by atoms with Crippen molar-refractivity contribution < 1.29 is 28.5 Å². The van der Waals surface area contributed by atoms with Crippen LogP contribution in [0.25, 0.3) is 0 Å². The summed E-state index contributed by atoms with van der Waals surface area (Å²) in [6.07, 6.45) is 0.570. The van der Waals surface area contributed by atoms with E-state index in [0.717, 1.165) is 11.1 Å². The van der Waals surface area contributed by atoms with Gasteiger partial charge in [0.15, 0.2) is 11.5 Å². The van der Waals surface area contributed by atoms with Gasteiger partial charge in [-0.25, -0.2) is 0 Å². The van der Waals surface area contributed by atoms with Gasteiger partial charge in [-0.05, 0) is 66.1 Å². The van der Waals surface area contributed by atoms with E-state index in [1.165, 1.54) is 21.3 Å². The average Bonchev–Trinajstić information content (AvgIpc) is 2.89. The van der Waals surface area contributed by atoms with Crippen LogP contribution in [0, 0.1) is 0 Å². The second-order valence-electron chi connectivity index (χ2n) is 7.48. The first kappa shape index (κ1) is 25.7. The first-order valence-corrected chi connectivity index (χ1v) is 11.2. The zero-order valence-electron chi connectivity index (χ0n) is 19.7. The predicted molar refractivity (Wildman–Crippen MR) is 132 cm³/mol. The Labute approximate surface area is 209 Å². The van der Waals surface area contributed by atoms with Crippen LogP contribution in [-0.4, -0.2) is 33.1 Å². The number of benzene rings is 3. The van der Waals surface area contributed by atoms with Crippen LogP contribution >= 0.6 is 11.6 Å². The topological polar surface area (TPSA) is 95.1 Å². The molecular weight excluding hydrogens is 472 g/mol. The Morgan fingerprint density at radius 3 is 2.00 bits per heavy atom. The highest BCUT2D eigenvalue weighted by Crippen LogP contribution is 2.38. The van der Waals surface area contributed by atoms with Gasteiger partial charge in [0.05, 0.1) is 21.3 Å². The van der Waals surface area contributed by atoms with Crippen molar-refractivity contribution in [3.05, 3.63) is 82.4 Å². The number of hydrogen-bond donors (Lipinski definition) is 2. The number of hydrazine groups is 1. The largest absolute Gasteiger partial charge is 0.493 e. The van der Waals surface area contributed by atoms with Gasteiger partial charge in [0.1, 0.15) is 12.4 Å². The molecule has 8 nitrogen and oxygen atoms in total. The van der Waals surface area contributed by atoms with Crippen molar-refractivity contribution in [2.24, 2.45) is 0 Å². The van der Waals surface area contributed by atoms with Crippen LogP contribution in [0.15, 0.2) is 60.7 Å². The second kappa shape index (κ2) is 12.5. The molecule has 0 spiro atoms. The summed E-state index contributed by atoms with van der Waals surface area (Å²) >= 11 is 5.87. The lowest BCUT2D eigenvalue weighted by Gasteiger charge is -2.14. The van der Waals surface area contributed by atoms with Crippen LogP contribution in [0.3, 0.4) is 0 Å². The normalized spacial score (nSPS) is 10.3. The molecule has 0 saturated carbocycles. The number of amides is 2. The van der Waals surface area contributed by atoms with Gasteiger partial charge >= 0.3 is 0 Å². The molecule has 184 valence electrons. The molecule has 0 heterocycles. The van der Waals surface area contributed by atoms with Crippen molar-refractivity contribution in [2.45, 2.75) is 19.4 Å². The zero-order chi connectivity index (χ0) is 25.2. The molecule has 2 N–H and O–H groups in total. The van der Waals surface area contributed by atoms with Gasteiger partial charge in [0.25, 0.3) is 5.91 Å². The Morgan fingerprint density at radius 1 is 0.800 bits per heavy atom. The summed E-state index contributed by atoms with van der Waals surface area (Å²) in [7, 11) is 4.59. The van der Waals surface area contributed by atoms with E-state index in [4.69, 9.17) is 30.5 Å². The number of rotatable bonds is 10. The number of methoxy groups -OCH3 is 3. The second-order valence-corrected chi connectivity index (χ2v) is 7.91. The van der Waals surface area contributed by atoms with E-state index in [2.05, 4.69) is 10.9 Å². The molecule has 0 unspecified atom stereocenters. The van der Waals surface area contributed by atoms with Gasteiger partial charge in [-0.3, -0.25) is 20.4 Å². The van der Waals surface area contributed by atoms with E-state index in [-0.39, 0.29) is 12.3 Å². The summed E-state index contributed by atoms with van der Waals surface area (Å²) in [4.78, 5) is 24.6. The Kier molecular flexibility index (Phi) is 9.20. The smallest absolute Gasteiger partial charge is 0.269 e. The molecule has 0 bridgehead atoms. The lowest BCUT2D eigenvalue weighted by Crippen LogP contribution is -2.41. The van der Waals surface area contributed by atoms with E-state index in [9.17, 15) is 9.59 Å². The molecule has 35 heavy (non-hydrogen) atoms. The lowest BCUT2D eigenvalue weighted by molar-refractivity contribution is -0.121. The highest BCUT2D eigenvalue weighted by molar-refractivity contribution is 6.30. The first-order chi connectivity index (χ1) is 16.9. The minimum atomic E-state index is -0.420. The number of hydrogen-bond acceptors (Lipinski definition) is 6. The maximum absolute atomic E-state index is 12.4. The number of halogens is 1. The average molecular weight is 499 g/mol. The van der Waals surface area contributed by atoms with Crippen LogP contribution in [0.5, 0.6) is 23.0 Å². The molecule has 0 aliphatic carbocycles. The van der Waals surface area contributed by atoms with Crippen molar-refractivity contribution >= 4 is 23.4 Å². The minimum absolute atomic E-state index is 0.153. The molecule has 3 aromatic carbocycles. The Bertz CT molecular complexity index is 1120. The summed E-state index contributed by atoms with van der Waals surface area (Å²) in [6, 6.07) is 17.6. The molecule has 0 aliphatic rings. The van der Waals surface area contributed by atoms with Gasteiger partial charge < -0.3 is 18.9 Å². The van der Waals surface area contributed by atoms with E-state index >= 15 is 0 Å². The third kappa shape index (κ3) is 7.28. The van der Waals surface area contributed by atoms with Gasteiger partial charge in [0, 0.05) is 17.0 Å². The van der Waals surface area contributed by atoms with Crippen molar-refractivity contribution in [3.8, 4) is 23.0 Å². The Balaban J connectivity index is 1.47. The molecule has 0 atom stereocenters.